The molecule has 25 heavy (non-hydrogen) atoms. The van der Waals surface area contributed by atoms with Gasteiger partial charge in [-0.3, -0.25) is 4.79 Å². The van der Waals surface area contributed by atoms with Crippen LogP contribution < -0.4 is 5.32 Å². The number of benzene rings is 2. The van der Waals surface area contributed by atoms with Crippen LogP contribution in [-0.2, 0) is 4.79 Å². The lowest BCUT2D eigenvalue weighted by molar-refractivity contribution is -0.113. The highest BCUT2D eigenvalue weighted by molar-refractivity contribution is 14.1. The molecule has 0 unspecified atom stereocenters. The van der Waals surface area contributed by atoms with E-state index in [9.17, 15) is 4.79 Å². The van der Waals surface area contributed by atoms with Crippen LogP contribution in [0.3, 0.4) is 0 Å². The summed E-state index contributed by atoms with van der Waals surface area (Å²) in [7, 11) is 0. The van der Waals surface area contributed by atoms with Crippen molar-refractivity contribution in [2.24, 2.45) is 0 Å². The van der Waals surface area contributed by atoms with Crippen LogP contribution in [-0.4, -0.2) is 21.9 Å². The summed E-state index contributed by atoms with van der Waals surface area (Å²) >= 11 is 15.2. The fraction of sp³-hybridized carbons (Fsp3) is 0.0625. The van der Waals surface area contributed by atoms with E-state index >= 15 is 0 Å². The minimum atomic E-state index is -0.233. The lowest BCUT2D eigenvalue weighted by atomic mass is 10.2. The van der Waals surface area contributed by atoms with E-state index in [1.54, 1.807) is 18.2 Å². The van der Waals surface area contributed by atoms with Crippen LogP contribution in [0.25, 0.3) is 11.5 Å². The smallest absolute Gasteiger partial charge is 0.277 e. The molecule has 128 valence electrons. The fourth-order valence-electron chi connectivity index (χ4n) is 1.88. The molecule has 0 aliphatic rings. The Morgan fingerprint density at radius 1 is 1.16 bits per heavy atom. The number of aromatic nitrogens is 2. The van der Waals surface area contributed by atoms with Gasteiger partial charge in [-0.05, 0) is 65.1 Å². The molecular formula is C16H10Cl2IN3O2S. The summed E-state index contributed by atoms with van der Waals surface area (Å²) in [5.41, 5.74) is 1.33. The SMILES string of the molecule is O=C(CSc1nnc(-c2ccc(I)cc2)o1)Nc1ccc(Cl)cc1Cl. The van der Waals surface area contributed by atoms with E-state index in [2.05, 4.69) is 38.1 Å². The summed E-state index contributed by atoms with van der Waals surface area (Å²) in [6.07, 6.45) is 0. The van der Waals surface area contributed by atoms with Crippen LogP contribution in [0, 0.1) is 3.57 Å². The summed E-state index contributed by atoms with van der Waals surface area (Å²) in [6, 6.07) is 12.6. The number of amides is 1. The van der Waals surface area contributed by atoms with Gasteiger partial charge in [0.2, 0.25) is 11.8 Å². The summed E-state index contributed by atoms with van der Waals surface area (Å²) in [4.78, 5) is 12.0. The maximum Gasteiger partial charge on any atom is 0.277 e. The lowest BCUT2D eigenvalue weighted by Gasteiger charge is -2.06. The third kappa shape index (κ3) is 5.10. The van der Waals surface area contributed by atoms with Gasteiger partial charge in [-0.15, -0.1) is 10.2 Å². The number of anilines is 1. The van der Waals surface area contributed by atoms with Crippen molar-refractivity contribution in [1.29, 1.82) is 0 Å². The number of halogens is 3. The summed E-state index contributed by atoms with van der Waals surface area (Å²) in [6.45, 7) is 0. The highest BCUT2D eigenvalue weighted by atomic mass is 127. The largest absolute Gasteiger partial charge is 0.411 e. The van der Waals surface area contributed by atoms with E-state index < -0.39 is 0 Å². The first-order valence-electron chi connectivity index (χ1n) is 6.98. The Labute approximate surface area is 171 Å². The molecule has 0 radical (unpaired) electrons. The highest BCUT2D eigenvalue weighted by Gasteiger charge is 2.12. The Balaban J connectivity index is 1.58. The van der Waals surface area contributed by atoms with E-state index in [1.807, 2.05) is 24.3 Å². The Kier molecular flexibility index (Phi) is 6.21. The Hall–Kier alpha value is -1.29. The maximum atomic E-state index is 12.0. The molecule has 5 nitrogen and oxygen atoms in total. The maximum absolute atomic E-state index is 12.0. The third-order valence-corrected chi connectivity index (χ3v) is 5.12. The minimum absolute atomic E-state index is 0.118. The summed E-state index contributed by atoms with van der Waals surface area (Å²) < 4.78 is 6.68. The van der Waals surface area contributed by atoms with E-state index in [1.165, 1.54) is 0 Å². The normalized spacial score (nSPS) is 10.7. The molecular weight excluding hydrogens is 496 g/mol. The fourth-order valence-corrected chi connectivity index (χ4v) is 3.26. The second kappa shape index (κ2) is 8.39. The predicted molar refractivity (Wildman–Crippen MR) is 108 cm³/mol. The van der Waals surface area contributed by atoms with E-state index in [-0.39, 0.29) is 11.7 Å². The van der Waals surface area contributed by atoms with Crippen molar-refractivity contribution in [3.8, 4) is 11.5 Å². The lowest BCUT2D eigenvalue weighted by Crippen LogP contribution is -2.14. The van der Waals surface area contributed by atoms with Crippen molar-refractivity contribution in [3.63, 3.8) is 0 Å². The quantitative estimate of drug-likeness (QED) is 0.372. The van der Waals surface area contributed by atoms with Gasteiger partial charge in [0.25, 0.3) is 5.22 Å². The van der Waals surface area contributed by atoms with Crippen LogP contribution in [0.4, 0.5) is 5.69 Å². The van der Waals surface area contributed by atoms with Crippen molar-refractivity contribution in [1.82, 2.24) is 10.2 Å². The number of hydrogen-bond acceptors (Lipinski definition) is 5. The molecule has 0 saturated heterocycles. The predicted octanol–water partition coefficient (Wildman–Crippen LogP) is 5.38. The Morgan fingerprint density at radius 2 is 1.92 bits per heavy atom. The molecule has 3 aromatic rings. The second-order valence-corrected chi connectivity index (χ2v) is 7.86. The number of nitrogens with one attached hydrogen (secondary N) is 1. The van der Waals surface area contributed by atoms with Gasteiger partial charge in [0.1, 0.15) is 0 Å². The van der Waals surface area contributed by atoms with Gasteiger partial charge in [0.15, 0.2) is 0 Å². The van der Waals surface area contributed by atoms with Gasteiger partial charge < -0.3 is 9.73 Å². The van der Waals surface area contributed by atoms with Gasteiger partial charge in [0, 0.05) is 14.2 Å². The standard InChI is InChI=1S/C16H10Cl2IN3O2S/c17-10-3-6-13(12(18)7-10)20-14(23)8-25-16-22-21-15(24-16)9-1-4-11(19)5-2-9/h1-7H,8H2,(H,20,23). The van der Waals surface area contributed by atoms with Crippen molar-refractivity contribution < 1.29 is 9.21 Å². The van der Waals surface area contributed by atoms with Crippen molar-refractivity contribution in [3.05, 3.63) is 56.1 Å². The number of carbonyl (C=O) groups excluding carboxylic acids is 1. The zero-order valence-electron chi connectivity index (χ0n) is 12.5. The van der Waals surface area contributed by atoms with Gasteiger partial charge >= 0.3 is 0 Å². The van der Waals surface area contributed by atoms with Crippen LogP contribution in [0.5, 0.6) is 0 Å². The van der Waals surface area contributed by atoms with E-state index in [0.29, 0.717) is 26.8 Å². The Bertz CT molecular complexity index is 903. The molecule has 0 bridgehead atoms. The summed E-state index contributed by atoms with van der Waals surface area (Å²) in [5, 5.41) is 11.9. The van der Waals surface area contributed by atoms with Crippen LogP contribution >= 0.6 is 57.6 Å². The van der Waals surface area contributed by atoms with Crippen molar-refractivity contribution in [2.45, 2.75) is 5.22 Å². The second-order valence-electron chi connectivity index (χ2n) is 4.84. The van der Waals surface area contributed by atoms with E-state index in [4.69, 9.17) is 27.6 Å². The molecule has 1 N–H and O–H groups in total. The molecule has 0 aliphatic carbocycles. The molecule has 0 fully saturated rings. The van der Waals surface area contributed by atoms with Crippen LogP contribution in [0.1, 0.15) is 0 Å². The van der Waals surface area contributed by atoms with Crippen LogP contribution in [0.15, 0.2) is 52.1 Å². The molecule has 3 rings (SSSR count). The summed E-state index contributed by atoms with van der Waals surface area (Å²) in [5.74, 6) is 0.302. The van der Waals surface area contributed by atoms with Gasteiger partial charge in [-0.25, -0.2) is 0 Å². The third-order valence-electron chi connectivity index (χ3n) is 3.03. The van der Waals surface area contributed by atoms with Crippen LogP contribution in [0.2, 0.25) is 10.0 Å². The number of thioether (sulfide) groups is 1. The van der Waals surface area contributed by atoms with Gasteiger partial charge in [-0.1, -0.05) is 35.0 Å². The first-order chi connectivity index (χ1) is 12.0. The average molecular weight is 506 g/mol. The average Bonchev–Trinajstić information content (AvgIpc) is 3.05. The number of carbonyl (C=O) groups is 1. The molecule has 0 spiro atoms. The molecule has 0 saturated carbocycles. The molecule has 1 heterocycles. The topological polar surface area (TPSA) is 68.0 Å². The molecule has 1 aromatic heterocycles. The zero-order valence-corrected chi connectivity index (χ0v) is 17.0. The molecule has 0 atom stereocenters. The molecule has 2 aromatic carbocycles. The van der Waals surface area contributed by atoms with E-state index in [0.717, 1.165) is 20.9 Å². The first-order valence-corrected chi connectivity index (χ1v) is 9.80. The monoisotopic (exact) mass is 505 g/mol. The van der Waals surface area contributed by atoms with Crippen molar-refractivity contribution in [2.75, 3.05) is 11.1 Å². The zero-order chi connectivity index (χ0) is 17.8. The minimum Gasteiger partial charge on any atom is -0.411 e. The number of rotatable bonds is 5. The van der Waals surface area contributed by atoms with Gasteiger partial charge in [-0.2, -0.15) is 0 Å². The van der Waals surface area contributed by atoms with Gasteiger partial charge in [0.05, 0.1) is 16.5 Å². The number of hydrogen-bond donors (Lipinski definition) is 1. The molecule has 0 aliphatic heterocycles. The molecule has 9 heteroatoms. The van der Waals surface area contributed by atoms with Crippen molar-refractivity contribution >= 4 is 69.1 Å². The highest BCUT2D eigenvalue weighted by Crippen LogP contribution is 2.27. The first kappa shape index (κ1) is 18.5. The molecule has 1 amide bonds. The number of nitrogens with zero attached hydrogens (tertiary/aromatic N) is 2. The Morgan fingerprint density at radius 3 is 2.64 bits per heavy atom.